The molecule has 88 valence electrons. The molecule has 0 spiro atoms. The number of hydrogen-bond acceptors (Lipinski definition) is 5. The van der Waals surface area contributed by atoms with Crippen molar-refractivity contribution in [3.8, 4) is 0 Å². The van der Waals surface area contributed by atoms with Gasteiger partial charge in [0.1, 0.15) is 23.2 Å². The highest BCUT2D eigenvalue weighted by Crippen LogP contribution is 2.27. The summed E-state index contributed by atoms with van der Waals surface area (Å²) < 4.78 is 5.26. The molecule has 1 aromatic rings. The minimum Gasteiger partial charge on any atom is -0.478 e. The molecule has 2 rings (SSSR count). The standard InChI is InChI=1S/C10H13NO5/c1-4-5(10(14)15)2-7(16-4)8-9(13)6(12)3-11-8/h2,6,8-9,11-13H,3H2,1H3,(H,14,15)/t6-,8-,9-/m1/s1. The predicted molar refractivity (Wildman–Crippen MR) is 53.2 cm³/mol. The maximum Gasteiger partial charge on any atom is 0.339 e. The molecular weight excluding hydrogens is 214 g/mol. The molecule has 0 aromatic carbocycles. The molecule has 4 N–H and O–H groups in total. The predicted octanol–water partition coefficient (Wildman–Crippen LogP) is -0.348. The molecule has 6 heteroatoms. The van der Waals surface area contributed by atoms with Gasteiger partial charge in [-0.25, -0.2) is 4.79 Å². The van der Waals surface area contributed by atoms with Crippen molar-refractivity contribution in [1.29, 1.82) is 0 Å². The first-order chi connectivity index (χ1) is 7.50. The summed E-state index contributed by atoms with van der Waals surface area (Å²) in [5.41, 5.74) is 0.0744. The van der Waals surface area contributed by atoms with Crippen LogP contribution < -0.4 is 5.32 Å². The van der Waals surface area contributed by atoms with Crippen LogP contribution in [0.25, 0.3) is 0 Å². The zero-order valence-corrected chi connectivity index (χ0v) is 8.67. The monoisotopic (exact) mass is 227 g/mol. The molecule has 0 saturated carbocycles. The van der Waals surface area contributed by atoms with Crippen LogP contribution in [0.15, 0.2) is 10.5 Å². The van der Waals surface area contributed by atoms with Gasteiger partial charge >= 0.3 is 5.97 Å². The van der Waals surface area contributed by atoms with Crippen LogP contribution in [0.2, 0.25) is 0 Å². The summed E-state index contributed by atoms with van der Waals surface area (Å²) in [6.07, 6.45) is -1.84. The highest BCUT2D eigenvalue weighted by atomic mass is 16.4. The van der Waals surface area contributed by atoms with E-state index in [2.05, 4.69) is 5.32 Å². The number of furan rings is 1. The van der Waals surface area contributed by atoms with E-state index in [1.54, 1.807) is 6.92 Å². The van der Waals surface area contributed by atoms with E-state index in [1.807, 2.05) is 0 Å². The summed E-state index contributed by atoms with van der Waals surface area (Å²) in [7, 11) is 0. The number of hydrogen-bond donors (Lipinski definition) is 4. The molecule has 1 aliphatic heterocycles. The van der Waals surface area contributed by atoms with Gasteiger partial charge in [-0.2, -0.15) is 0 Å². The van der Waals surface area contributed by atoms with E-state index in [0.717, 1.165) is 0 Å². The van der Waals surface area contributed by atoms with Crippen molar-refractivity contribution in [3.63, 3.8) is 0 Å². The fourth-order valence-electron chi connectivity index (χ4n) is 1.85. The molecule has 0 radical (unpaired) electrons. The molecule has 6 nitrogen and oxygen atoms in total. The van der Waals surface area contributed by atoms with Gasteiger partial charge in [0.2, 0.25) is 0 Å². The van der Waals surface area contributed by atoms with Gasteiger partial charge in [-0.3, -0.25) is 0 Å². The number of carbonyl (C=O) groups is 1. The molecule has 0 aliphatic carbocycles. The molecule has 1 fully saturated rings. The summed E-state index contributed by atoms with van der Waals surface area (Å²) in [5, 5.41) is 30.7. The smallest absolute Gasteiger partial charge is 0.339 e. The zero-order chi connectivity index (χ0) is 11.9. The fraction of sp³-hybridized carbons (Fsp3) is 0.500. The van der Waals surface area contributed by atoms with Crippen molar-refractivity contribution in [3.05, 3.63) is 23.2 Å². The second-order valence-corrected chi connectivity index (χ2v) is 3.87. The Bertz CT molecular complexity index is 413. The zero-order valence-electron chi connectivity index (χ0n) is 8.67. The Balaban J connectivity index is 2.28. The molecule has 0 unspecified atom stereocenters. The van der Waals surface area contributed by atoms with Crippen LogP contribution in [-0.4, -0.2) is 40.0 Å². The number of β-amino-alcohol motifs (C(OH)–C–C–N with tert-alkyl or cyclic N) is 1. The first-order valence-electron chi connectivity index (χ1n) is 4.94. The Morgan fingerprint density at radius 2 is 2.25 bits per heavy atom. The fourth-order valence-corrected chi connectivity index (χ4v) is 1.85. The summed E-state index contributed by atoms with van der Waals surface area (Å²) in [6.45, 7) is 1.80. The summed E-state index contributed by atoms with van der Waals surface area (Å²) in [4.78, 5) is 10.8. The van der Waals surface area contributed by atoms with Crippen LogP contribution in [0.3, 0.4) is 0 Å². The Labute approximate surface area is 91.5 Å². The number of rotatable bonds is 2. The lowest BCUT2D eigenvalue weighted by molar-refractivity contribution is 0.0368. The van der Waals surface area contributed by atoms with E-state index in [0.29, 0.717) is 5.76 Å². The molecule has 3 atom stereocenters. The number of aliphatic hydroxyl groups is 2. The Hall–Kier alpha value is -1.37. The van der Waals surface area contributed by atoms with Crippen molar-refractivity contribution < 1.29 is 24.5 Å². The third-order valence-electron chi connectivity index (χ3n) is 2.76. The number of nitrogens with one attached hydrogen (secondary N) is 1. The van der Waals surface area contributed by atoms with E-state index < -0.39 is 24.2 Å². The molecular formula is C10H13NO5. The van der Waals surface area contributed by atoms with E-state index in [4.69, 9.17) is 9.52 Å². The van der Waals surface area contributed by atoms with Gasteiger partial charge in [0.05, 0.1) is 12.1 Å². The molecule has 1 saturated heterocycles. The second-order valence-electron chi connectivity index (χ2n) is 3.87. The van der Waals surface area contributed by atoms with Crippen molar-refractivity contribution in [2.45, 2.75) is 25.2 Å². The van der Waals surface area contributed by atoms with Gasteiger partial charge in [-0.05, 0) is 13.0 Å². The van der Waals surface area contributed by atoms with Gasteiger partial charge in [0.15, 0.2) is 0 Å². The van der Waals surface area contributed by atoms with Gasteiger partial charge in [-0.1, -0.05) is 0 Å². The number of aryl methyl sites for hydroxylation is 1. The SMILES string of the molecule is Cc1oc([C@H]2NC[C@@H](O)[C@H]2O)cc1C(=O)O. The van der Waals surface area contributed by atoms with E-state index >= 15 is 0 Å². The highest BCUT2D eigenvalue weighted by Gasteiger charge is 2.36. The summed E-state index contributed by atoms with van der Waals surface area (Å²) >= 11 is 0. The van der Waals surface area contributed by atoms with Crippen molar-refractivity contribution >= 4 is 5.97 Å². The normalized spacial score (nSPS) is 29.6. The van der Waals surface area contributed by atoms with Crippen molar-refractivity contribution in [2.24, 2.45) is 0 Å². The van der Waals surface area contributed by atoms with Gasteiger partial charge in [0.25, 0.3) is 0 Å². The maximum absolute atomic E-state index is 10.8. The van der Waals surface area contributed by atoms with E-state index in [9.17, 15) is 15.0 Å². The lowest BCUT2D eigenvalue weighted by Crippen LogP contribution is -2.25. The Morgan fingerprint density at radius 1 is 1.56 bits per heavy atom. The minimum absolute atomic E-state index is 0.0744. The summed E-state index contributed by atoms with van der Waals surface area (Å²) in [6, 6.07) is 0.818. The van der Waals surface area contributed by atoms with Crippen LogP contribution >= 0.6 is 0 Å². The molecule has 16 heavy (non-hydrogen) atoms. The Morgan fingerprint density at radius 3 is 2.69 bits per heavy atom. The molecule has 2 heterocycles. The van der Waals surface area contributed by atoms with E-state index in [1.165, 1.54) is 6.07 Å². The lowest BCUT2D eigenvalue weighted by Gasteiger charge is -2.12. The first kappa shape index (κ1) is 11.1. The topological polar surface area (TPSA) is 103 Å². The maximum atomic E-state index is 10.8. The highest BCUT2D eigenvalue weighted by molar-refractivity contribution is 5.88. The second kappa shape index (κ2) is 3.89. The Kier molecular flexibility index (Phi) is 2.71. The van der Waals surface area contributed by atoms with Crippen LogP contribution in [0, 0.1) is 6.92 Å². The van der Waals surface area contributed by atoms with Gasteiger partial charge in [0, 0.05) is 6.54 Å². The molecule has 0 bridgehead atoms. The van der Waals surface area contributed by atoms with Crippen molar-refractivity contribution in [2.75, 3.05) is 6.54 Å². The van der Waals surface area contributed by atoms with Crippen LogP contribution in [-0.2, 0) is 0 Å². The third kappa shape index (κ3) is 1.71. The van der Waals surface area contributed by atoms with Gasteiger partial charge in [-0.15, -0.1) is 0 Å². The van der Waals surface area contributed by atoms with E-state index in [-0.39, 0.29) is 17.9 Å². The largest absolute Gasteiger partial charge is 0.478 e. The quantitative estimate of drug-likeness (QED) is 0.551. The van der Waals surface area contributed by atoms with Gasteiger partial charge < -0.3 is 25.1 Å². The molecule has 1 aliphatic rings. The number of carboxylic acids is 1. The minimum atomic E-state index is -1.07. The number of aromatic carboxylic acids is 1. The summed E-state index contributed by atoms with van der Waals surface area (Å²) in [5.74, 6) is -0.447. The number of aliphatic hydroxyl groups excluding tert-OH is 2. The van der Waals surface area contributed by atoms with Crippen LogP contribution in [0.4, 0.5) is 0 Å². The lowest BCUT2D eigenvalue weighted by atomic mass is 10.1. The average molecular weight is 227 g/mol. The average Bonchev–Trinajstić information content (AvgIpc) is 2.73. The van der Waals surface area contributed by atoms with Crippen LogP contribution in [0.5, 0.6) is 0 Å². The molecule has 1 aromatic heterocycles. The van der Waals surface area contributed by atoms with Crippen molar-refractivity contribution in [1.82, 2.24) is 5.32 Å². The third-order valence-corrected chi connectivity index (χ3v) is 2.76. The first-order valence-corrected chi connectivity index (χ1v) is 4.94. The number of carboxylic acid groups (broad SMARTS) is 1. The molecule has 0 amide bonds. The van der Waals surface area contributed by atoms with Crippen LogP contribution in [0.1, 0.15) is 27.9 Å².